The first-order chi connectivity index (χ1) is 7.66. The Labute approximate surface area is 102 Å². The Hall–Kier alpha value is -0.730. The Bertz CT molecular complexity index is 328. The second kappa shape index (κ2) is 5.07. The standard InChI is InChI=1S/C13H19ClN2/c1-16(12-6-2-10(14)3-7-12)13-8-4-11(15)5-9-13/h2-3,6-7,11,13H,4-5,8-9,15H2,1H3. The molecule has 0 saturated heterocycles. The molecule has 0 spiro atoms. The van der Waals surface area contributed by atoms with E-state index < -0.39 is 0 Å². The first-order valence-corrected chi connectivity index (χ1v) is 6.28. The van der Waals surface area contributed by atoms with E-state index in [0.29, 0.717) is 12.1 Å². The third kappa shape index (κ3) is 2.69. The van der Waals surface area contributed by atoms with Crippen LogP contribution in [0.3, 0.4) is 0 Å². The van der Waals surface area contributed by atoms with Gasteiger partial charge in [-0.3, -0.25) is 0 Å². The maximum absolute atomic E-state index is 5.92. The van der Waals surface area contributed by atoms with Gasteiger partial charge < -0.3 is 10.6 Å². The van der Waals surface area contributed by atoms with Gasteiger partial charge in [-0.1, -0.05) is 11.6 Å². The molecule has 88 valence electrons. The quantitative estimate of drug-likeness (QED) is 0.858. The molecule has 2 rings (SSSR count). The van der Waals surface area contributed by atoms with Gasteiger partial charge >= 0.3 is 0 Å². The molecule has 1 aromatic rings. The van der Waals surface area contributed by atoms with Crippen molar-refractivity contribution in [2.75, 3.05) is 11.9 Å². The van der Waals surface area contributed by atoms with Gasteiger partial charge in [0.15, 0.2) is 0 Å². The highest BCUT2D eigenvalue weighted by molar-refractivity contribution is 6.30. The largest absolute Gasteiger partial charge is 0.372 e. The summed E-state index contributed by atoms with van der Waals surface area (Å²) >= 11 is 5.89. The molecule has 0 radical (unpaired) electrons. The SMILES string of the molecule is CN(c1ccc(Cl)cc1)C1CCC(N)CC1. The fourth-order valence-corrected chi connectivity index (χ4v) is 2.50. The van der Waals surface area contributed by atoms with Crippen molar-refractivity contribution in [3.8, 4) is 0 Å². The van der Waals surface area contributed by atoms with Crippen molar-refractivity contribution in [1.29, 1.82) is 0 Å². The minimum atomic E-state index is 0.412. The third-order valence-electron chi connectivity index (χ3n) is 3.52. The molecule has 2 nitrogen and oxygen atoms in total. The zero-order valence-corrected chi connectivity index (χ0v) is 10.5. The van der Waals surface area contributed by atoms with Crippen molar-refractivity contribution < 1.29 is 0 Å². The van der Waals surface area contributed by atoms with Gasteiger partial charge in [0.25, 0.3) is 0 Å². The van der Waals surface area contributed by atoms with Crippen LogP contribution in [0.15, 0.2) is 24.3 Å². The Morgan fingerprint density at radius 2 is 1.69 bits per heavy atom. The second-order valence-corrected chi connectivity index (χ2v) is 5.09. The summed E-state index contributed by atoms with van der Waals surface area (Å²) in [6.07, 6.45) is 4.67. The lowest BCUT2D eigenvalue weighted by molar-refractivity contribution is 0.385. The molecule has 1 aliphatic rings. The van der Waals surface area contributed by atoms with Gasteiger partial charge in [-0.15, -0.1) is 0 Å². The van der Waals surface area contributed by atoms with Gasteiger partial charge in [-0.05, 0) is 49.9 Å². The van der Waals surface area contributed by atoms with Crippen LogP contribution in [-0.4, -0.2) is 19.1 Å². The molecule has 16 heavy (non-hydrogen) atoms. The van der Waals surface area contributed by atoms with E-state index in [2.05, 4.69) is 24.1 Å². The van der Waals surface area contributed by atoms with Crippen LogP contribution in [0.4, 0.5) is 5.69 Å². The van der Waals surface area contributed by atoms with Crippen LogP contribution >= 0.6 is 11.6 Å². The molecule has 2 N–H and O–H groups in total. The van der Waals surface area contributed by atoms with E-state index in [-0.39, 0.29) is 0 Å². The Morgan fingerprint density at radius 3 is 2.25 bits per heavy atom. The third-order valence-corrected chi connectivity index (χ3v) is 3.77. The number of halogens is 1. The molecular weight excluding hydrogens is 220 g/mol. The summed E-state index contributed by atoms with van der Waals surface area (Å²) in [5.41, 5.74) is 7.16. The molecule has 0 aromatic heterocycles. The highest BCUT2D eigenvalue weighted by Gasteiger charge is 2.21. The molecule has 3 heteroatoms. The number of rotatable bonds is 2. The monoisotopic (exact) mass is 238 g/mol. The zero-order chi connectivity index (χ0) is 11.5. The van der Waals surface area contributed by atoms with Gasteiger partial charge in [0.1, 0.15) is 0 Å². The Balaban J connectivity index is 2.01. The fraction of sp³-hybridized carbons (Fsp3) is 0.538. The van der Waals surface area contributed by atoms with Crippen molar-refractivity contribution in [2.24, 2.45) is 5.73 Å². The van der Waals surface area contributed by atoms with Crippen LogP contribution in [0, 0.1) is 0 Å². The smallest absolute Gasteiger partial charge is 0.0407 e. The van der Waals surface area contributed by atoms with Crippen molar-refractivity contribution in [1.82, 2.24) is 0 Å². The van der Waals surface area contributed by atoms with Crippen LogP contribution in [0.5, 0.6) is 0 Å². The summed E-state index contributed by atoms with van der Waals surface area (Å²) in [6.45, 7) is 0. The first kappa shape index (κ1) is 11.7. The maximum atomic E-state index is 5.92. The molecule has 0 bridgehead atoms. The van der Waals surface area contributed by atoms with Crippen LogP contribution < -0.4 is 10.6 Å². The minimum absolute atomic E-state index is 0.412. The van der Waals surface area contributed by atoms with Crippen LogP contribution in [0.25, 0.3) is 0 Å². The average molecular weight is 239 g/mol. The molecular formula is C13H19ClN2. The molecule has 0 atom stereocenters. The van der Waals surface area contributed by atoms with Crippen molar-refractivity contribution >= 4 is 17.3 Å². The van der Waals surface area contributed by atoms with E-state index in [1.807, 2.05) is 12.1 Å². The minimum Gasteiger partial charge on any atom is -0.372 e. The maximum Gasteiger partial charge on any atom is 0.0407 e. The number of anilines is 1. The summed E-state index contributed by atoms with van der Waals surface area (Å²) in [7, 11) is 2.16. The molecule has 1 saturated carbocycles. The van der Waals surface area contributed by atoms with E-state index in [0.717, 1.165) is 17.9 Å². The van der Waals surface area contributed by atoms with E-state index >= 15 is 0 Å². The molecule has 1 fully saturated rings. The number of hydrogen-bond acceptors (Lipinski definition) is 2. The van der Waals surface area contributed by atoms with E-state index in [1.54, 1.807) is 0 Å². The number of nitrogens with two attached hydrogens (primary N) is 1. The van der Waals surface area contributed by atoms with Crippen LogP contribution in [0.2, 0.25) is 5.02 Å². The van der Waals surface area contributed by atoms with Crippen molar-refractivity contribution in [3.63, 3.8) is 0 Å². The van der Waals surface area contributed by atoms with Gasteiger partial charge in [0.2, 0.25) is 0 Å². The Kier molecular flexibility index (Phi) is 3.72. The summed E-state index contributed by atoms with van der Waals surface area (Å²) in [4.78, 5) is 2.35. The molecule has 1 aliphatic carbocycles. The fourth-order valence-electron chi connectivity index (χ4n) is 2.38. The molecule has 1 aromatic carbocycles. The lowest BCUT2D eigenvalue weighted by Crippen LogP contribution is -2.38. The normalized spacial score (nSPS) is 25.4. The highest BCUT2D eigenvalue weighted by atomic mass is 35.5. The van der Waals surface area contributed by atoms with Gasteiger partial charge in [0, 0.05) is 29.8 Å². The molecule has 0 aliphatic heterocycles. The summed E-state index contributed by atoms with van der Waals surface area (Å²) in [5, 5.41) is 0.794. The summed E-state index contributed by atoms with van der Waals surface area (Å²) in [6, 6.07) is 9.09. The highest BCUT2D eigenvalue weighted by Crippen LogP contribution is 2.26. The number of hydrogen-bond donors (Lipinski definition) is 1. The van der Waals surface area contributed by atoms with Gasteiger partial charge in [-0.2, -0.15) is 0 Å². The topological polar surface area (TPSA) is 29.3 Å². The number of benzene rings is 1. The molecule has 0 unspecified atom stereocenters. The first-order valence-electron chi connectivity index (χ1n) is 5.91. The second-order valence-electron chi connectivity index (χ2n) is 4.66. The van der Waals surface area contributed by atoms with Gasteiger partial charge in [-0.25, -0.2) is 0 Å². The predicted octanol–water partition coefficient (Wildman–Crippen LogP) is 3.05. The van der Waals surface area contributed by atoms with Crippen LogP contribution in [0.1, 0.15) is 25.7 Å². The van der Waals surface area contributed by atoms with E-state index in [1.165, 1.54) is 18.5 Å². The average Bonchev–Trinajstić information content (AvgIpc) is 2.30. The summed E-state index contributed by atoms with van der Waals surface area (Å²) in [5.74, 6) is 0. The van der Waals surface area contributed by atoms with E-state index in [4.69, 9.17) is 17.3 Å². The number of nitrogens with zero attached hydrogens (tertiary/aromatic N) is 1. The van der Waals surface area contributed by atoms with Gasteiger partial charge in [0.05, 0.1) is 0 Å². The lowest BCUT2D eigenvalue weighted by Gasteiger charge is -2.35. The Morgan fingerprint density at radius 1 is 1.12 bits per heavy atom. The van der Waals surface area contributed by atoms with Crippen molar-refractivity contribution in [2.45, 2.75) is 37.8 Å². The van der Waals surface area contributed by atoms with Crippen LogP contribution in [-0.2, 0) is 0 Å². The summed E-state index contributed by atoms with van der Waals surface area (Å²) < 4.78 is 0. The van der Waals surface area contributed by atoms with E-state index in [9.17, 15) is 0 Å². The molecule has 0 amide bonds. The predicted molar refractivity (Wildman–Crippen MR) is 70.1 cm³/mol. The van der Waals surface area contributed by atoms with Crippen molar-refractivity contribution in [3.05, 3.63) is 29.3 Å². The zero-order valence-electron chi connectivity index (χ0n) is 9.70. The lowest BCUT2D eigenvalue weighted by atomic mass is 9.91. The molecule has 0 heterocycles.